The molecule has 0 saturated carbocycles. The SMILES string of the molecule is CCC(CC)(c1ccc(CCC(O)C(C)(C)C)c(C)c1)c1ccc(OCCCCCc2nnn[nH]2)c(C)c1. The van der Waals surface area contributed by atoms with Crippen molar-refractivity contribution in [3.63, 3.8) is 0 Å². The summed E-state index contributed by atoms with van der Waals surface area (Å²) in [5.74, 6) is 1.81. The second kappa shape index (κ2) is 13.4. The maximum absolute atomic E-state index is 10.5. The highest BCUT2D eigenvalue weighted by molar-refractivity contribution is 5.47. The van der Waals surface area contributed by atoms with Crippen LogP contribution in [-0.2, 0) is 18.3 Å². The van der Waals surface area contributed by atoms with Crippen molar-refractivity contribution in [2.45, 2.75) is 111 Å². The number of aliphatic hydroxyl groups excluding tert-OH is 1. The Kier molecular flexibility index (Phi) is 10.5. The molecular weight excluding hydrogens is 472 g/mol. The minimum absolute atomic E-state index is 0.0347. The van der Waals surface area contributed by atoms with Gasteiger partial charge in [-0.3, -0.25) is 0 Å². The van der Waals surface area contributed by atoms with E-state index in [4.69, 9.17) is 4.74 Å². The number of H-pyrrole nitrogens is 1. The lowest BCUT2D eigenvalue weighted by atomic mass is 9.69. The molecule has 0 radical (unpaired) electrons. The quantitative estimate of drug-likeness (QED) is 0.222. The summed E-state index contributed by atoms with van der Waals surface area (Å²) in [5, 5.41) is 24.5. The van der Waals surface area contributed by atoms with Gasteiger partial charge in [-0.05, 0) is 109 Å². The summed E-state index contributed by atoms with van der Waals surface area (Å²) in [7, 11) is 0. The van der Waals surface area contributed by atoms with Gasteiger partial charge in [-0.1, -0.05) is 65.0 Å². The predicted molar refractivity (Wildman–Crippen MR) is 155 cm³/mol. The molecule has 208 valence electrons. The first-order valence-corrected chi connectivity index (χ1v) is 14.3. The van der Waals surface area contributed by atoms with Crippen molar-refractivity contribution in [2.24, 2.45) is 5.41 Å². The van der Waals surface area contributed by atoms with Gasteiger partial charge in [-0.25, -0.2) is 5.10 Å². The minimum atomic E-state index is -0.299. The van der Waals surface area contributed by atoms with Crippen molar-refractivity contribution in [1.29, 1.82) is 0 Å². The van der Waals surface area contributed by atoms with Crippen LogP contribution in [0.4, 0.5) is 0 Å². The van der Waals surface area contributed by atoms with Crippen LogP contribution in [0.3, 0.4) is 0 Å². The number of nitrogens with zero attached hydrogens (tertiary/aromatic N) is 3. The first-order chi connectivity index (χ1) is 18.1. The Morgan fingerprint density at radius 2 is 1.58 bits per heavy atom. The largest absolute Gasteiger partial charge is 0.493 e. The maximum atomic E-state index is 10.5. The molecule has 0 aliphatic rings. The second-order valence-corrected chi connectivity index (χ2v) is 11.8. The Balaban J connectivity index is 1.66. The number of hydrogen-bond donors (Lipinski definition) is 2. The van der Waals surface area contributed by atoms with E-state index in [1.54, 1.807) is 0 Å². The zero-order valence-electron chi connectivity index (χ0n) is 24.6. The Morgan fingerprint density at radius 1 is 0.895 bits per heavy atom. The van der Waals surface area contributed by atoms with E-state index >= 15 is 0 Å². The van der Waals surface area contributed by atoms with Crippen LogP contribution in [0.1, 0.15) is 107 Å². The van der Waals surface area contributed by atoms with Crippen molar-refractivity contribution < 1.29 is 9.84 Å². The number of nitrogens with one attached hydrogen (secondary N) is 1. The smallest absolute Gasteiger partial charge is 0.148 e. The first kappa shape index (κ1) is 29.8. The van der Waals surface area contributed by atoms with E-state index < -0.39 is 0 Å². The number of ether oxygens (including phenoxy) is 1. The summed E-state index contributed by atoms with van der Waals surface area (Å²) in [5.41, 5.74) is 6.43. The number of aliphatic hydroxyl groups is 1. The number of benzene rings is 2. The molecule has 2 aromatic carbocycles. The summed E-state index contributed by atoms with van der Waals surface area (Å²) < 4.78 is 6.15. The molecule has 0 bridgehead atoms. The highest BCUT2D eigenvalue weighted by Crippen LogP contribution is 2.41. The fourth-order valence-corrected chi connectivity index (χ4v) is 5.38. The average molecular weight is 521 g/mol. The number of unbranched alkanes of at least 4 members (excludes halogenated alkanes) is 2. The lowest BCUT2D eigenvalue weighted by Crippen LogP contribution is -2.27. The second-order valence-electron chi connectivity index (χ2n) is 11.8. The van der Waals surface area contributed by atoms with Crippen LogP contribution in [-0.4, -0.2) is 38.4 Å². The number of aromatic nitrogens is 4. The molecule has 3 rings (SSSR count). The molecule has 0 amide bonds. The van der Waals surface area contributed by atoms with Crippen LogP contribution in [0, 0.1) is 19.3 Å². The predicted octanol–water partition coefficient (Wildman–Crippen LogP) is 7.05. The molecule has 6 nitrogen and oxygen atoms in total. The van der Waals surface area contributed by atoms with Gasteiger partial charge in [0.25, 0.3) is 0 Å². The third-order valence-corrected chi connectivity index (χ3v) is 8.22. The van der Waals surface area contributed by atoms with Gasteiger partial charge in [0.2, 0.25) is 0 Å². The fourth-order valence-electron chi connectivity index (χ4n) is 5.38. The molecule has 0 aliphatic carbocycles. The molecule has 1 atom stereocenters. The number of aromatic amines is 1. The van der Waals surface area contributed by atoms with Crippen LogP contribution in [0.15, 0.2) is 36.4 Å². The van der Waals surface area contributed by atoms with E-state index in [9.17, 15) is 5.11 Å². The third-order valence-electron chi connectivity index (χ3n) is 8.22. The van der Waals surface area contributed by atoms with E-state index in [1.807, 2.05) is 0 Å². The van der Waals surface area contributed by atoms with Crippen LogP contribution in [0.25, 0.3) is 0 Å². The van der Waals surface area contributed by atoms with Gasteiger partial charge in [-0.2, -0.15) is 0 Å². The van der Waals surface area contributed by atoms with Crippen LogP contribution >= 0.6 is 0 Å². The Bertz CT molecular complexity index is 1130. The van der Waals surface area contributed by atoms with Crippen molar-refractivity contribution in [2.75, 3.05) is 6.61 Å². The van der Waals surface area contributed by atoms with E-state index in [0.29, 0.717) is 6.61 Å². The summed E-state index contributed by atoms with van der Waals surface area (Å²) in [6, 6.07) is 13.7. The van der Waals surface area contributed by atoms with Crippen molar-refractivity contribution in [3.05, 3.63) is 70.0 Å². The molecule has 0 saturated heterocycles. The van der Waals surface area contributed by atoms with Gasteiger partial charge in [0.1, 0.15) is 11.6 Å². The molecule has 6 heteroatoms. The number of hydrogen-bond acceptors (Lipinski definition) is 5. The maximum Gasteiger partial charge on any atom is 0.148 e. The topological polar surface area (TPSA) is 83.9 Å². The molecular formula is C32H48N4O2. The van der Waals surface area contributed by atoms with Crippen molar-refractivity contribution >= 4 is 0 Å². The lowest BCUT2D eigenvalue weighted by Gasteiger charge is -2.34. The highest BCUT2D eigenvalue weighted by Gasteiger charge is 2.31. The molecule has 1 heterocycles. The summed E-state index contributed by atoms with van der Waals surface area (Å²) in [4.78, 5) is 0. The average Bonchev–Trinajstić information content (AvgIpc) is 3.40. The zero-order chi connectivity index (χ0) is 27.8. The highest BCUT2D eigenvalue weighted by atomic mass is 16.5. The number of rotatable bonds is 14. The van der Waals surface area contributed by atoms with Gasteiger partial charge in [-0.15, -0.1) is 5.10 Å². The lowest BCUT2D eigenvalue weighted by molar-refractivity contribution is 0.0560. The Morgan fingerprint density at radius 3 is 2.16 bits per heavy atom. The molecule has 38 heavy (non-hydrogen) atoms. The molecule has 1 unspecified atom stereocenters. The summed E-state index contributed by atoms with van der Waals surface area (Å²) in [6.07, 6.45) is 7.46. The van der Waals surface area contributed by atoms with Crippen molar-refractivity contribution in [1.82, 2.24) is 20.6 Å². The van der Waals surface area contributed by atoms with Crippen molar-refractivity contribution in [3.8, 4) is 5.75 Å². The Hall–Kier alpha value is -2.73. The summed E-state index contributed by atoms with van der Waals surface area (Å²) >= 11 is 0. The molecule has 0 fully saturated rings. The molecule has 0 aliphatic heterocycles. The van der Waals surface area contributed by atoms with E-state index in [0.717, 1.165) is 62.9 Å². The first-order valence-electron chi connectivity index (χ1n) is 14.3. The van der Waals surface area contributed by atoms with Gasteiger partial charge >= 0.3 is 0 Å². The third kappa shape index (κ3) is 7.43. The van der Waals surface area contributed by atoms with Gasteiger partial charge in [0, 0.05) is 11.8 Å². The van der Waals surface area contributed by atoms with Gasteiger partial charge in [0.05, 0.1) is 12.7 Å². The van der Waals surface area contributed by atoms with E-state index in [1.165, 1.54) is 27.8 Å². The van der Waals surface area contributed by atoms with E-state index in [2.05, 4.69) is 105 Å². The number of tetrazole rings is 1. The molecule has 3 aromatic rings. The minimum Gasteiger partial charge on any atom is -0.493 e. The number of aryl methyl sites for hydroxylation is 4. The fraction of sp³-hybridized carbons (Fsp3) is 0.594. The van der Waals surface area contributed by atoms with E-state index in [-0.39, 0.29) is 16.9 Å². The van der Waals surface area contributed by atoms with Crippen LogP contribution in [0.2, 0.25) is 0 Å². The van der Waals surface area contributed by atoms with Gasteiger partial charge in [0.15, 0.2) is 0 Å². The monoisotopic (exact) mass is 520 g/mol. The summed E-state index contributed by atoms with van der Waals surface area (Å²) in [6.45, 7) is 16.0. The molecule has 0 spiro atoms. The van der Waals surface area contributed by atoms with Crippen LogP contribution in [0.5, 0.6) is 5.75 Å². The molecule has 1 aromatic heterocycles. The molecule has 2 N–H and O–H groups in total. The zero-order valence-corrected chi connectivity index (χ0v) is 24.6. The van der Waals surface area contributed by atoms with Gasteiger partial charge < -0.3 is 9.84 Å². The normalized spacial score (nSPS) is 13.1. The van der Waals surface area contributed by atoms with Crippen LogP contribution < -0.4 is 4.74 Å². The Labute approximate surface area is 229 Å². The standard InChI is InChI=1S/C32H48N4O2/c1-8-32(9-2,26-16-14-25(23(3)21-26)15-19-29(37)31(5,6)7)27-17-18-28(24(4)22-27)38-20-12-10-11-13-30-33-35-36-34-30/h14,16-18,21-22,29,37H,8-13,15,19-20H2,1-7H3,(H,33,34,35,36).